The summed E-state index contributed by atoms with van der Waals surface area (Å²) in [6, 6.07) is 5.95. The van der Waals surface area contributed by atoms with Crippen LogP contribution < -0.4 is 15.0 Å². The fourth-order valence-electron chi connectivity index (χ4n) is 2.63. The molecule has 6 heteroatoms. The van der Waals surface area contributed by atoms with Gasteiger partial charge >= 0.3 is 6.03 Å². The molecule has 6 nitrogen and oxygen atoms in total. The summed E-state index contributed by atoms with van der Waals surface area (Å²) in [6.07, 6.45) is 1.80. The number of nitrogens with one attached hydrogen (secondary N) is 1. The summed E-state index contributed by atoms with van der Waals surface area (Å²) >= 11 is 0. The van der Waals surface area contributed by atoms with Gasteiger partial charge in [0, 0.05) is 6.07 Å². The molecule has 1 aliphatic carbocycles. The van der Waals surface area contributed by atoms with Gasteiger partial charge in [0.15, 0.2) is 0 Å². The summed E-state index contributed by atoms with van der Waals surface area (Å²) in [5, 5.41) is 2.27. The summed E-state index contributed by atoms with van der Waals surface area (Å²) < 4.78 is 5.09. The lowest BCUT2D eigenvalue weighted by Gasteiger charge is -2.44. The van der Waals surface area contributed by atoms with Crippen molar-refractivity contribution in [2.75, 3.05) is 12.0 Å². The second-order valence-corrected chi connectivity index (χ2v) is 5.04. The van der Waals surface area contributed by atoms with E-state index in [-0.39, 0.29) is 0 Å². The van der Waals surface area contributed by atoms with Gasteiger partial charge in [-0.3, -0.25) is 14.9 Å². The first-order valence-electron chi connectivity index (χ1n) is 6.42. The molecule has 0 aromatic heterocycles. The van der Waals surface area contributed by atoms with Crippen molar-refractivity contribution < 1.29 is 19.1 Å². The van der Waals surface area contributed by atoms with Crippen molar-refractivity contribution in [3.05, 3.63) is 24.3 Å². The number of urea groups is 1. The smallest absolute Gasteiger partial charge is 0.335 e. The summed E-state index contributed by atoms with van der Waals surface area (Å²) in [4.78, 5) is 37.5. The highest BCUT2D eigenvalue weighted by molar-refractivity contribution is 6.30. The zero-order valence-electron chi connectivity index (χ0n) is 11.0. The van der Waals surface area contributed by atoms with Gasteiger partial charge < -0.3 is 4.74 Å². The van der Waals surface area contributed by atoms with Crippen molar-refractivity contribution in [2.45, 2.75) is 19.3 Å². The molecule has 1 spiro atoms. The topological polar surface area (TPSA) is 75.7 Å². The van der Waals surface area contributed by atoms with Crippen LogP contribution in [-0.2, 0) is 9.59 Å². The van der Waals surface area contributed by atoms with Gasteiger partial charge in [-0.2, -0.15) is 0 Å². The summed E-state index contributed by atoms with van der Waals surface area (Å²) in [5.41, 5.74) is -0.651. The molecule has 1 aliphatic heterocycles. The summed E-state index contributed by atoms with van der Waals surface area (Å²) in [6.45, 7) is 0. The maximum Gasteiger partial charge on any atom is 0.335 e. The SMILES string of the molecule is COc1cccc(N2C(=O)NC(=O)C3(CCC3)C2=O)c1. The largest absolute Gasteiger partial charge is 0.497 e. The van der Waals surface area contributed by atoms with Crippen LogP contribution >= 0.6 is 0 Å². The molecule has 1 saturated carbocycles. The van der Waals surface area contributed by atoms with Crippen molar-refractivity contribution in [1.29, 1.82) is 0 Å². The normalized spacial score (nSPS) is 20.6. The standard InChI is InChI=1S/C14H14N2O4/c1-20-10-5-2-4-9(8-10)16-12(18)14(6-3-7-14)11(17)15-13(16)19/h2,4-5,8H,3,6-7H2,1H3,(H,15,17,19). The van der Waals surface area contributed by atoms with Gasteiger partial charge in [-0.1, -0.05) is 12.5 Å². The van der Waals surface area contributed by atoms with E-state index in [1.807, 2.05) is 0 Å². The zero-order chi connectivity index (χ0) is 14.3. The molecule has 1 aromatic rings. The first-order chi connectivity index (χ1) is 9.58. The number of nitrogens with zero attached hydrogens (tertiary/aromatic N) is 1. The maximum atomic E-state index is 12.6. The molecule has 4 amide bonds. The molecule has 1 N–H and O–H groups in total. The number of barbiturate groups is 1. The van der Waals surface area contributed by atoms with E-state index >= 15 is 0 Å². The first-order valence-corrected chi connectivity index (χ1v) is 6.42. The highest BCUT2D eigenvalue weighted by Gasteiger charge is 2.57. The number of methoxy groups -OCH3 is 1. The Hall–Kier alpha value is -2.37. The van der Waals surface area contributed by atoms with Crippen LogP contribution in [0.15, 0.2) is 24.3 Å². The number of benzene rings is 1. The number of anilines is 1. The van der Waals surface area contributed by atoms with Crippen LogP contribution in [0.25, 0.3) is 0 Å². The molecule has 3 rings (SSSR count). The van der Waals surface area contributed by atoms with Crippen molar-refractivity contribution in [3.63, 3.8) is 0 Å². The van der Waals surface area contributed by atoms with Gasteiger partial charge in [0.25, 0.3) is 5.91 Å². The van der Waals surface area contributed by atoms with E-state index in [1.54, 1.807) is 24.3 Å². The Morgan fingerprint density at radius 1 is 1.25 bits per heavy atom. The summed E-state index contributed by atoms with van der Waals surface area (Å²) in [7, 11) is 1.51. The Kier molecular flexibility index (Phi) is 2.74. The van der Waals surface area contributed by atoms with E-state index in [9.17, 15) is 14.4 Å². The number of hydrogen-bond acceptors (Lipinski definition) is 4. The fourth-order valence-corrected chi connectivity index (χ4v) is 2.63. The fraction of sp³-hybridized carbons (Fsp3) is 0.357. The number of rotatable bonds is 2. The average Bonchev–Trinajstić information content (AvgIpc) is 2.37. The van der Waals surface area contributed by atoms with Gasteiger partial charge in [0.05, 0.1) is 12.8 Å². The number of ether oxygens (including phenoxy) is 1. The molecule has 2 fully saturated rings. The molecule has 104 valence electrons. The third kappa shape index (κ3) is 1.61. The molecule has 0 atom stereocenters. The lowest BCUT2D eigenvalue weighted by Crippen LogP contribution is -2.66. The van der Waals surface area contributed by atoms with Gasteiger partial charge in [0.1, 0.15) is 11.2 Å². The van der Waals surface area contributed by atoms with Crippen molar-refractivity contribution in [2.24, 2.45) is 5.41 Å². The van der Waals surface area contributed by atoms with E-state index in [2.05, 4.69) is 5.32 Å². The number of imide groups is 2. The molecule has 0 bridgehead atoms. The number of hydrogen-bond donors (Lipinski definition) is 1. The molecule has 1 aromatic carbocycles. The average molecular weight is 274 g/mol. The number of amides is 4. The maximum absolute atomic E-state index is 12.6. The highest BCUT2D eigenvalue weighted by atomic mass is 16.5. The molecule has 20 heavy (non-hydrogen) atoms. The number of carbonyl (C=O) groups is 3. The van der Waals surface area contributed by atoms with E-state index in [1.165, 1.54) is 7.11 Å². The van der Waals surface area contributed by atoms with Crippen LogP contribution in [-0.4, -0.2) is 25.0 Å². The minimum Gasteiger partial charge on any atom is -0.497 e. The Balaban J connectivity index is 2.01. The van der Waals surface area contributed by atoms with Crippen LogP contribution in [0.4, 0.5) is 10.5 Å². The predicted octanol–water partition coefficient (Wildman–Crippen LogP) is 1.45. The molecule has 2 aliphatic rings. The highest BCUT2D eigenvalue weighted by Crippen LogP contribution is 2.45. The zero-order valence-corrected chi connectivity index (χ0v) is 11.0. The predicted molar refractivity (Wildman–Crippen MR) is 70.3 cm³/mol. The Morgan fingerprint density at radius 3 is 2.60 bits per heavy atom. The molecular formula is C14H14N2O4. The van der Waals surface area contributed by atoms with Gasteiger partial charge in [-0.25, -0.2) is 9.69 Å². The monoisotopic (exact) mass is 274 g/mol. The molecular weight excluding hydrogens is 260 g/mol. The Bertz CT molecular complexity index is 607. The van der Waals surface area contributed by atoms with E-state index in [0.717, 1.165) is 11.3 Å². The van der Waals surface area contributed by atoms with Crippen LogP contribution in [0.5, 0.6) is 5.75 Å². The van der Waals surface area contributed by atoms with Crippen molar-refractivity contribution in [1.82, 2.24) is 5.32 Å². The third-order valence-corrected chi connectivity index (χ3v) is 3.99. The molecule has 1 saturated heterocycles. The first kappa shape index (κ1) is 12.7. The molecule has 0 radical (unpaired) electrons. The van der Waals surface area contributed by atoms with E-state index in [4.69, 9.17) is 4.74 Å². The van der Waals surface area contributed by atoms with Crippen molar-refractivity contribution >= 4 is 23.5 Å². The van der Waals surface area contributed by atoms with Crippen LogP contribution in [0.2, 0.25) is 0 Å². The quantitative estimate of drug-likeness (QED) is 0.828. The van der Waals surface area contributed by atoms with Gasteiger partial charge in [-0.05, 0) is 25.0 Å². The molecule has 1 heterocycles. The third-order valence-electron chi connectivity index (χ3n) is 3.99. The second kappa shape index (κ2) is 4.33. The van der Waals surface area contributed by atoms with Crippen LogP contribution in [0.3, 0.4) is 0 Å². The number of carbonyl (C=O) groups excluding carboxylic acids is 3. The van der Waals surface area contributed by atoms with Crippen LogP contribution in [0, 0.1) is 5.41 Å². The minimum atomic E-state index is -1.06. The lowest BCUT2D eigenvalue weighted by molar-refractivity contribution is -0.148. The minimum absolute atomic E-state index is 0.408. The lowest BCUT2D eigenvalue weighted by atomic mass is 9.66. The van der Waals surface area contributed by atoms with Gasteiger partial charge in [-0.15, -0.1) is 0 Å². The second-order valence-electron chi connectivity index (χ2n) is 5.04. The van der Waals surface area contributed by atoms with E-state index in [0.29, 0.717) is 24.3 Å². The van der Waals surface area contributed by atoms with Crippen LogP contribution in [0.1, 0.15) is 19.3 Å². The van der Waals surface area contributed by atoms with Crippen molar-refractivity contribution in [3.8, 4) is 5.75 Å². The van der Waals surface area contributed by atoms with Gasteiger partial charge in [0.2, 0.25) is 5.91 Å². The summed E-state index contributed by atoms with van der Waals surface area (Å²) in [5.74, 6) is -0.369. The van der Waals surface area contributed by atoms with E-state index < -0.39 is 23.3 Å². The Labute approximate surface area is 115 Å². The molecule has 0 unspecified atom stereocenters. The Morgan fingerprint density at radius 2 is 2.00 bits per heavy atom.